The van der Waals surface area contributed by atoms with Crippen molar-refractivity contribution in [2.75, 3.05) is 7.11 Å². The number of carbonyl (C=O) groups is 6. The van der Waals surface area contributed by atoms with Gasteiger partial charge in [-0.15, -0.1) is 0 Å². The number of amides is 3. The predicted molar refractivity (Wildman–Crippen MR) is 401 cm³/mol. The largest absolute Gasteiger partial charge is 0.507 e. The summed E-state index contributed by atoms with van der Waals surface area (Å²) in [5.74, 6) is -3.92. The maximum atomic E-state index is 13.4. The smallest absolute Gasteiger partial charge is 0.339 e. The molecule has 0 bridgehead atoms. The second-order valence-corrected chi connectivity index (χ2v) is 24.2. The Labute approximate surface area is 607 Å². The SMILES string of the molecule is C.C.C.CCCCC(=O)N(Cc1ccc(OC)cc1)Cc1ccc(-c2ccc(O)c(C(=O)O)c2)cc1.O=C(O)c1cc(-c2ccc(CN(Cc3ccc(F)cc3)C(=O)c3ccc(Br)cc3)cc2)ccc1O.O=C(O)c1cc(-c2ccc(CN(Cc3ccccc3)C(=O)c3ccco3)cc2)ccc1O. The van der Waals surface area contributed by atoms with Gasteiger partial charge in [0, 0.05) is 55.7 Å². The number of ether oxygens (including phenoxy) is 1. The van der Waals surface area contributed by atoms with Gasteiger partial charge in [-0.05, 0) is 170 Å². The molecule has 6 N–H and O–H groups in total. The van der Waals surface area contributed by atoms with Crippen molar-refractivity contribution < 1.29 is 73.0 Å². The number of hydrogen-bond donors (Lipinski definition) is 6. The van der Waals surface area contributed by atoms with Crippen LogP contribution in [0.1, 0.15) is 134 Å². The third kappa shape index (κ3) is 22.5. The van der Waals surface area contributed by atoms with E-state index in [9.17, 15) is 63.8 Å². The third-order valence-corrected chi connectivity index (χ3v) is 16.7. The molecule has 11 aromatic rings. The number of aromatic carboxylic acids is 3. The van der Waals surface area contributed by atoms with Crippen molar-refractivity contribution in [1.29, 1.82) is 0 Å². The highest BCUT2D eigenvalue weighted by molar-refractivity contribution is 9.10. The molecule has 0 aliphatic rings. The van der Waals surface area contributed by atoms with Crippen molar-refractivity contribution >= 4 is 51.6 Å². The van der Waals surface area contributed by atoms with E-state index >= 15 is 0 Å². The standard InChI is InChI=1S/C28H21BrFNO4.C27H29NO5.C26H21NO5.3CH4/c29-23-10-7-21(8-11-23)27(33)31(17-19-3-12-24(30)13-4-19)16-18-1-5-20(6-2-18)22-9-14-26(32)25(15-22)28(34)35;1-3-4-5-26(30)28(18-20-8-13-23(33-2)14-9-20)17-19-6-10-21(11-7-19)22-12-15-25(29)24(16-22)27(31)32;28-23-13-12-21(15-22(23)26(30)31)20-10-8-19(9-11-20)17-27(16-18-5-2-1-3-6-18)25(29)24-7-4-14-32-24;;;/h1-15,32H,16-17H2,(H,34,35);6-16,29H,3-5,17-18H2,1-2H3,(H,31,32);1-15,28H,16-17H2,(H,30,31);3*1H4. The minimum atomic E-state index is -1.20. The van der Waals surface area contributed by atoms with Crippen LogP contribution in [-0.4, -0.2) is 88.1 Å². The zero-order chi connectivity index (χ0) is 71.2. The molecule has 0 aliphatic carbocycles. The fourth-order valence-corrected chi connectivity index (χ4v) is 11.0. The highest BCUT2D eigenvalue weighted by atomic mass is 79.9. The van der Waals surface area contributed by atoms with E-state index in [0.29, 0.717) is 67.9 Å². The predicted octanol–water partition coefficient (Wildman–Crippen LogP) is 19.1. The summed E-state index contributed by atoms with van der Waals surface area (Å²) >= 11 is 3.38. The van der Waals surface area contributed by atoms with Crippen LogP contribution < -0.4 is 4.74 Å². The number of aromatic hydroxyl groups is 3. The van der Waals surface area contributed by atoms with Gasteiger partial charge in [0.05, 0.1) is 13.4 Å². The molecule has 0 aliphatic heterocycles. The highest BCUT2D eigenvalue weighted by Gasteiger charge is 2.22. The molecule has 17 nitrogen and oxygen atoms in total. The second-order valence-electron chi connectivity index (χ2n) is 23.3. The van der Waals surface area contributed by atoms with Gasteiger partial charge in [-0.1, -0.05) is 197 Å². The fraction of sp³-hybridized carbons (Fsp3) is 0.167. The molecule has 0 unspecified atom stereocenters. The van der Waals surface area contributed by atoms with Gasteiger partial charge in [0.15, 0.2) is 5.76 Å². The molecule has 3 amide bonds. The van der Waals surface area contributed by atoms with Crippen molar-refractivity contribution in [3.63, 3.8) is 0 Å². The molecule has 0 fully saturated rings. The number of halogens is 2. The van der Waals surface area contributed by atoms with Crippen LogP contribution in [0.4, 0.5) is 4.39 Å². The molecule has 0 radical (unpaired) electrons. The molecular formula is C84H83BrFN3O14. The molecule has 1 heterocycles. The van der Waals surface area contributed by atoms with E-state index in [0.717, 1.165) is 73.1 Å². The first kappa shape index (κ1) is 79.9. The Hall–Kier alpha value is -12.1. The van der Waals surface area contributed by atoms with Crippen LogP contribution >= 0.6 is 15.9 Å². The number of unbranched alkanes of at least 4 members (excludes halogenated alkanes) is 1. The summed E-state index contributed by atoms with van der Waals surface area (Å²) < 4.78 is 24.8. The molecule has 103 heavy (non-hydrogen) atoms. The van der Waals surface area contributed by atoms with E-state index in [1.165, 1.54) is 54.8 Å². The van der Waals surface area contributed by atoms with Gasteiger partial charge in [-0.25, -0.2) is 18.8 Å². The van der Waals surface area contributed by atoms with Gasteiger partial charge < -0.3 is 54.5 Å². The highest BCUT2D eigenvalue weighted by Crippen LogP contribution is 2.31. The molecule has 0 atom stereocenters. The molecule has 10 aromatic carbocycles. The molecule has 532 valence electrons. The lowest BCUT2D eigenvalue weighted by Gasteiger charge is -2.23. The van der Waals surface area contributed by atoms with Crippen molar-refractivity contribution in [3.8, 4) is 56.4 Å². The van der Waals surface area contributed by atoms with E-state index in [-0.39, 0.29) is 85.5 Å². The van der Waals surface area contributed by atoms with E-state index in [4.69, 9.17) is 9.15 Å². The zero-order valence-electron chi connectivity index (χ0n) is 54.6. The number of benzene rings is 10. The van der Waals surface area contributed by atoms with E-state index in [1.807, 2.05) is 132 Å². The summed E-state index contributed by atoms with van der Waals surface area (Å²) in [4.78, 5) is 78.4. The van der Waals surface area contributed by atoms with Gasteiger partial charge in [0.25, 0.3) is 11.8 Å². The molecule has 19 heteroatoms. The Bertz CT molecular complexity index is 4590. The number of carboxylic acids is 3. The summed E-state index contributed by atoms with van der Waals surface area (Å²) in [5, 5.41) is 56.9. The third-order valence-electron chi connectivity index (χ3n) is 16.2. The number of nitrogens with zero attached hydrogens (tertiary/aromatic N) is 3. The molecule has 0 spiro atoms. The number of phenols is 3. The number of furan rings is 1. The Morgan fingerprint density at radius 2 is 0.767 bits per heavy atom. The number of carbonyl (C=O) groups excluding carboxylic acids is 3. The van der Waals surface area contributed by atoms with E-state index in [2.05, 4.69) is 22.9 Å². The minimum absolute atomic E-state index is 0. The first-order valence-corrected chi connectivity index (χ1v) is 32.5. The van der Waals surface area contributed by atoms with Crippen LogP contribution in [0.5, 0.6) is 23.0 Å². The van der Waals surface area contributed by atoms with Crippen LogP contribution in [-0.2, 0) is 44.1 Å². The number of rotatable bonds is 24. The maximum Gasteiger partial charge on any atom is 0.339 e. The summed E-state index contributed by atoms with van der Waals surface area (Å²) in [6.45, 7) is 4.49. The Morgan fingerprint density at radius 3 is 1.13 bits per heavy atom. The van der Waals surface area contributed by atoms with Gasteiger partial charge in [-0.2, -0.15) is 0 Å². The molecule has 0 saturated carbocycles. The van der Waals surface area contributed by atoms with Crippen LogP contribution in [0.3, 0.4) is 0 Å². The first-order chi connectivity index (χ1) is 48.2. The first-order valence-electron chi connectivity index (χ1n) is 31.8. The Balaban J connectivity index is 0.000000239. The van der Waals surface area contributed by atoms with E-state index in [1.54, 1.807) is 83.6 Å². The zero-order valence-corrected chi connectivity index (χ0v) is 56.2. The Morgan fingerprint density at radius 1 is 0.417 bits per heavy atom. The number of hydrogen-bond acceptors (Lipinski definition) is 11. The lowest BCUT2D eigenvalue weighted by atomic mass is 10.0. The monoisotopic (exact) mass is 1460 g/mol. The number of carboxylic acid groups (broad SMARTS) is 3. The van der Waals surface area contributed by atoms with E-state index < -0.39 is 17.9 Å². The summed E-state index contributed by atoms with van der Waals surface area (Å²) in [7, 11) is 1.62. The number of methoxy groups -OCH3 is 1. The van der Waals surface area contributed by atoms with Gasteiger partial charge in [0.1, 0.15) is 45.5 Å². The lowest BCUT2D eigenvalue weighted by Crippen LogP contribution is -2.30. The summed E-state index contributed by atoms with van der Waals surface area (Å²) in [6.07, 6.45) is 3.80. The quantitative estimate of drug-likeness (QED) is 0.0329. The van der Waals surface area contributed by atoms with Crippen molar-refractivity contribution in [3.05, 3.63) is 321 Å². The Kier molecular flexibility index (Phi) is 29.8. The molecule has 0 saturated heterocycles. The van der Waals surface area contributed by atoms with Crippen LogP contribution in [0, 0.1) is 5.82 Å². The average molecular weight is 1460 g/mol. The fourth-order valence-electron chi connectivity index (χ4n) is 10.7. The van der Waals surface area contributed by atoms with Gasteiger partial charge in [-0.3, -0.25) is 14.4 Å². The minimum Gasteiger partial charge on any atom is -0.507 e. The van der Waals surface area contributed by atoms with Crippen LogP contribution in [0.25, 0.3) is 33.4 Å². The second kappa shape index (κ2) is 38.5. The van der Waals surface area contributed by atoms with Gasteiger partial charge in [0.2, 0.25) is 5.91 Å². The van der Waals surface area contributed by atoms with Crippen molar-refractivity contribution in [2.45, 2.75) is 87.7 Å². The summed E-state index contributed by atoms with van der Waals surface area (Å²) in [6, 6.07) is 70.0. The lowest BCUT2D eigenvalue weighted by molar-refractivity contribution is -0.132. The molecular weight excluding hydrogens is 1370 g/mol. The average Bonchev–Trinajstić information content (AvgIpc) is 0.986. The van der Waals surface area contributed by atoms with Crippen LogP contribution in [0.2, 0.25) is 0 Å². The van der Waals surface area contributed by atoms with Gasteiger partial charge >= 0.3 is 17.9 Å². The molecule has 1 aromatic heterocycles. The molecule has 11 rings (SSSR count). The maximum absolute atomic E-state index is 13.4. The normalized spacial score (nSPS) is 10.3. The van der Waals surface area contributed by atoms with Crippen molar-refractivity contribution in [2.24, 2.45) is 0 Å². The van der Waals surface area contributed by atoms with Crippen molar-refractivity contribution in [1.82, 2.24) is 14.7 Å². The summed E-state index contributed by atoms with van der Waals surface area (Å²) in [5.41, 5.74) is 10.2. The topological polar surface area (TPSA) is 256 Å². The van der Waals surface area contributed by atoms with Crippen LogP contribution in [0.15, 0.2) is 258 Å².